The van der Waals surface area contributed by atoms with E-state index in [1.165, 1.54) is 0 Å². The summed E-state index contributed by atoms with van der Waals surface area (Å²) in [4.78, 5) is 22.7. The second-order valence-corrected chi connectivity index (χ2v) is 5.09. The fraction of sp³-hybridized carbons (Fsp3) is 0.154. The molecule has 1 amide bonds. The lowest BCUT2D eigenvalue weighted by Gasteiger charge is -2.09. The minimum atomic E-state index is -1.32. The Balaban J connectivity index is 2.66. The van der Waals surface area contributed by atoms with E-state index in [0.29, 0.717) is 22.5 Å². The number of carbonyl (C=O) groups is 2. The fourth-order valence-electron chi connectivity index (χ4n) is 1.89. The van der Waals surface area contributed by atoms with E-state index in [1.54, 1.807) is 18.2 Å². The van der Waals surface area contributed by atoms with Crippen LogP contribution in [0, 0.1) is 0 Å². The number of ether oxygens (including phenoxy) is 1. The first-order valence-corrected chi connectivity index (χ1v) is 7.00. The van der Waals surface area contributed by atoms with Crippen molar-refractivity contribution in [3.05, 3.63) is 34.1 Å². The number of carboxylic acids is 1. The molecule has 2 aromatic rings. The van der Waals surface area contributed by atoms with Gasteiger partial charge in [-0.05, 0) is 35.0 Å². The van der Waals surface area contributed by atoms with Crippen LogP contribution in [0.3, 0.4) is 0 Å². The van der Waals surface area contributed by atoms with E-state index < -0.39 is 11.9 Å². The van der Waals surface area contributed by atoms with Crippen molar-refractivity contribution in [2.45, 2.75) is 6.92 Å². The molecule has 0 unspecified atom stereocenters. The highest BCUT2D eigenvalue weighted by Crippen LogP contribution is 2.29. The van der Waals surface area contributed by atoms with E-state index in [-0.39, 0.29) is 17.1 Å². The van der Waals surface area contributed by atoms with Gasteiger partial charge in [0, 0.05) is 6.07 Å². The van der Waals surface area contributed by atoms with Crippen LogP contribution in [0.1, 0.15) is 27.9 Å². The van der Waals surface area contributed by atoms with Crippen LogP contribution in [0.25, 0.3) is 5.69 Å². The Morgan fingerprint density at radius 3 is 2.68 bits per heavy atom. The SMILES string of the molecule is CCOc1cc(-n2nc(C(N)=O)c(N)c2C(=O)O)ccc1Br. The quantitative estimate of drug-likeness (QED) is 0.730. The number of hydrogen-bond acceptors (Lipinski definition) is 5. The molecule has 22 heavy (non-hydrogen) atoms. The summed E-state index contributed by atoms with van der Waals surface area (Å²) in [5.41, 5.74) is 10.3. The first-order valence-electron chi connectivity index (χ1n) is 6.21. The second-order valence-electron chi connectivity index (χ2n) is 4.24. The van der Waals surface area contributed by atoms with Crippen molar-refractivity contribution in [1.82, 2.24) is 9.78 Å². The summed E-state index contributed by atoms with van der Waals surface area (Å²) in [5, 5.41) is 13.2. The van der Waals surface area contributed by atoms with Crippen molar-refractivity contribution < 1.29 is 19.4 Å². The van der Waals surface area contributed by atoms with Crippen LogP contribution < -0.4 is 16.2 Å². The Morgan fingerprint density at radius 1 is 1.45 bits per heavy atom. The van der Waals surface area contributed by atoms with Crippen molar-refractivity contribution in [3.8, 4) is 11.4 Å². The first-order chi connectivity index (χ1) is 10.4. The molecule has 0 radical (unpaired) electrons. The third-order valence-electron chi connectivity index (χ3n) is 2.82. The maximum Gasteiger partial charge on any atom is 0.356 e. The highest BCUT2D eigenvalue weighted by molar-refractivity contribution is 9.10. The Labute approximate surface area is 133 Å². The molecule has 1 aromatic heterocycles. The highest BCUT2D eigenvalue weighted by Gasteiger charge is 2.25. The number of carboxylic acid groups (broad SMARTS) is 1. The van der Waals surface area contributed by atoms with Gasteiger partial charge in [0.05, 0.1) is 22.5 Å². The topological polar surface area (TPSA) is 133 Å². The van der Waals surface area contributed by atoms with Crippen molar-refractivity contribution in [2.24, 2.45) is 5.73 Å². The number of amides is 1. The molecule has 116 valence electrons. The highest BCUT2D eigenvalue weighted by atomic mass is 79.9. The van der Waals surface area contributed by atoms with Crippen LogP contribution in [0.15, 0.2) is 22.7 Å². The van der Waals surface area contributed by atoms with E-state index in [2.05, 4.69) is 21.0 Å². The number of carbonyl (C=O) groups excluding carboxylic acids is 1. The summed E-state index contributed by atoms with van der Waals surface area (Å²) in [6.45, 7) is 2.25. The largest absolute Gasteiger partial charge is 0.493 e. The number of halogens is 1. The monoisotopic (exact) mass is 368 g/mol. The van der Waals surface area contributed by atoms with Crippen LogP contribution in [-0.2, 0) is 0 Å². The lowest BCUT2D eigenvalue weighted by Crippen LogP contribution is -2.14. The molecule has 2 rings (SSSR count). The average Bonchev–Trinajstić information content (AvgIpc) is 2.79. The molecular weight excluding hydrogens is 356 g/mol. The third kappa shape index (κ3) is 2.75. The molecule has 8 nitrogen and oxygen atoms in total. The fourth-order valence-corrected chi connectivity index (χ4v) is 2.26. The van der Waals surface area contributed by atoms with E-state index in [9.17, 15) is 14.7 Å². The zero-order valence-electron chi connectivity index (χ0n) is 11.5. The molecule has 0 saturated heterocycles. The molecule has 0 atom stereocenters. The average molecular weight is 369 g/mol. The van der Waals surface area contributed by atoms with Crippen molar-refractivity contribution in [1.29, 1.82) is 0 Å². The van der Waals surface area contributed by atoms with Crippen LogP contribution in [0.2, 0.25) is 0 Å². The molecule has 0 aliphatic heterocycles. The van der Waals surface area contributed by atoms with Crippen LogP contribution in [0.4, 0.5) is 5.69 Å². The number of primary amides is 1. The molecule has 0 bridgehead atoms. The van der Waals surface area contributed by atoms with Gasteiger partial charge in [-0.1, -0.05) is 0 Å². The van der Waals surface area contributed by atoms with Gasteiger partial charge < -0.3 is 21.3 Å². The van der Waals surface area contributed by atoms with Gasteiger partial charge in [0.2, 0.25) is 0 Å². The normalized spacial score (nSPS) is 10.5. The molecule has 0 fully saturated rings. The minimum Gasteiger partial charge on any atom is -0.493 e. The number of benzene rings is 1. The van der Waals surface area contributed by atoms with Gasteiger partial charge in [-0.2, -0.15) is 5.10 Å². The molecular formula is C13H13BrN4O4. The molecule has 0 aliphatic carbocycles. The second kappa shape index (κ2) is 6.06. The molecule has 0 aliphatic rings. The third-order valence-corrected chi connectivity index (χ3v) is 3.47. The lowest BCUT2D eigenvalue weighted by molar-refractivity contribution is 0.0688. The number of nitrogen functional groups attached to an aromatic ring is 1. The first kappa shape index (κ1) is 15.8. The minimum absolute atomic E-state index is 0.277. The van der Waals surface area contributed by atoms with Crippen LogP contribution >= 0.6 is 15.9 Å². The Bertz CT molecular complexity index is 757. The molecule has 1 heterocycles. The van der Waals surface area contributed by atoms with Gasteiger partial charge in [-0.15, -0.1) is 0 Å². The standard InChI is InChI=1S/C13H13BrN4O4/c1-2-22-8-5-6(3-4-7(8)14)18-11(13(20)21)9(15)10(17-18)12(16)19/h3-5H,2,15H2,1H3,(H2,16,19)(H,20,21). The molecule has 0 spiro atoms. The van der Waals surface area contributed by atoms with Crippen molar-refractivity contribution in [2.75, 3.05) is 12.3 Å². The molecule has 1 aromatic carbocycles. The Hall–Kier alpha value is -2.55. The van der Waals surface area contributed by atoms with Crippen molar-refractivity contribution in [3.63, 3.8) is 0 Å². The number of aromatic nitrogens is 2. The van der Waals surface area contributed by atoms with Gasteiger partial charge >= 0.3 is 5.97 Å². The predicted molar refractivity (Wildman–Crippen MR) is 82.3 cm³/mol. The number of rotatable bonds is 5. The maximum atomic E-state index is 11.4. The lowest BCUT2D eigenvalue weighted by atomic mass is 10.2. The van der Waals surface area contributed by atoms with Gasteiger partial charge in [-0.25, -0.2) is 9.48 Å². The van der Waals surface area contributed by atoms with Gasteiger partial charge in [0.1, 0.15) is 5.75 Å². The number of aromatic carboxylic acids is 1. The number of anilines is 1. The zero-order valence-corrected chi connectivity index (χ0v) is 13.1. The van der Waals surface area contributed by atoms with Crippen molar-refractivity contribution >= 4 is 33.5 Å². The van der Waals surface area contributed by atoms with Gasteiger partial charge in [-0.3, -0.25) is 4.79 Å². The van der Waals surface area contributed by atoms with E-state index in [0.717, 1.165) is 4.68 Å². The van der Waals surface area contributed by atoms with E-state index in [1.807, 2.05) is 6.92 Å². The van der Waals surface area contributed by atoms with Crippen LogP contribution in [-0.4, -0.2) is 33.4 Å². The predicted octanol–water partition coefficient (Wildman–Crippen LogP) is 1.41. The summed E-state index contributed by atoms with van der Waals surface area (Å²) >= 11 is 3.32. The summed E-state index contributed by atoms with van der Waals surface area (Å²) in [5.74, 6) is -1.72. The zero-order chi connectivity index (χ0) is 16.4. The van der Waals surface area contributed by atoms with Crippen LogP contribution in [0.5, 0.6) is 5.75 Å². The Kier molecular flexibility index (Phi) is 4.36. The Morgan fingerprint density at radius 2 is 2.14 bits per heavy atom. The number of nitrogens with two attached hydrogens (primary N) is 2. The number of hydrogen-bond donors (Lipinski definition) is 3. The summed E-state index contributed by atoms with van der Waals surface area (Å²) in [6, 6.07) is 4.86. The maximum absolute atomic E-state index is 11.4. The number of nitrogens with zero attached hydrogens (tertiary/aromatic N) is 2. The smallest absolute Gasteiger partial charge is 0.356 e. The molecule has 9 heteroatoms. The summed E-state index contributed by atoms with van der Waals surface area (Å²) in [6.07, 6.45) is 0. The van der Waals surface area contributed by atoms with E-state index in [4.69, 9.17) is 16.2 Å². The van der Waals surface area contributed by atoms with Gasteiger partial charge in [0.25, 0.3) is 5.91 Å². The molecule has 0 saturated carbocycles. The summed E-state index contributed by atoms with van der Waals surface area (Å²) in [7, 11) is 0. The van der Waals surface area contributed by atoms with E-state index >= 15 is 0 Å². The molecule has 5 N–H and O–H groups in total. The summed E-state index contributed by atoms with van der Waals surface area (Å²) < 4.78 is 7.17. The van der Waals surface area contributed by atoms with Gasteiger partial charge in [0.15, 0.2) is 11.4 Å².